The Morgan fingerprint density at radius 1 is 0.484 bits per heavy atom. The third kappa shape index (κ3) is 17.1. The molecule has 8 amide bonds. The molecular weight excluding hydrogens is 819 g/mol. The molecule has 1 heterocycles. The number of nitrogens with two attached hydrogens (primary N) is 1. The van der Waals surface area contributed by atoms with Crippen LogP contribution in [0, 0.1) is 29.6 Å². The van der Waals surface area contributed by atoms with Crippen molar-refractivity contribution in [3.8, 4) is 0 Å². The van der Waals surface area contributed by atoms with Crippen molar-refractivity contribution in [2.75, 3.05) is 6.54 Å². The molecule has 1 saturated heterocycles. The van der Waals surface area contributed by atoms with E-state index in [4.69, 9.17) is 5.73 Å². The number of rotatable bonds is 15. The van der Waals surface area contributed by atoms with Crippen LogP contribution in [0.2, 0.25) is 0 Å². The third-order valence-electron chi connectivity index (χ3n) is 12.2. The Balaban J connectivity index is 2.78. The molecule has 17 nitrogen and oxygen atoms in total. The first kappa shape index (κ1) is 55.1. The van der Waals surface area contributed by atoms with Crippen LogP contribution >= 0.6 is 0 Å². The van der Waals surface area contributed by atoms with Crippen LogP contribution in [0.15, 0.2) is 30.3 Å². The van der Waals surface area contributed by atoms with Gasteiger partial charge in [-0.1, -0.05) is 119 Å². The maximum Gasteiger partial charge on any atom is 0.243 e. The molecule has 1 aliphatic rings. The van der Waals surface area contributed by atoms with Gasteiger partial charge in [0.2, 0.25) is 47.3 Å². The molecule has 0 radical (unpaired) electrons. The van der Waals surface area contributed by atoms with Gasteiger partial charge in [-0.25, -0.2) is 0 Å². The summed E-state index contributed by atoms with van der Waals surface area (Å²) < 4.78 is 0. The van der Waals surface area contributed by atoms with Crippen LogP contribution in [0.5, 0.6) is 0 Å². The standard InChI is InChI=1S/C47H79N9O8/c1-12-28(8)37-45(62)49-31(11)40(57)54-39(30(10)14-3)47(64)56-38(29(9)13-2)46(63)50-33(22-18-19-23-48)41(58)53-36(27(6)7)44(61)52-35(25-32-20-16-15-17-21-32)42(59)51-34(24-26(4)5)43(60)55-37/h15-17,20-21,26-31,33-39H,12-14,18-19,22-25,48H2,1-11H3,(H,49,62)(H,50,63)(H,51,59)(H,52,61)(H,53,58)(H,54,57)(H,55,60)(H,56,64)/t28-,29+,30-,31+,33-,34+,35+,36?,37-,38+,39-/m0/s1. The van der Waals surface area contributed by atoms with Crippen molar-refractivity contribution in [2.24, 2.45) is 35.3 Å². The molecular formula is C47H79N9O8. The lowest BCUT2D eigenvalue weighted by Crippen LogP contribution is -2.63. The van der Waals surface area contributed by atoms with Gasteiger partial charge >= 0.3 is 0 Å². The van der Waals surface area contributed by atoms with Gasteiger partial charge in [-0.15, -0.1) is 0 Å². The fraction of sp³-hybridized carbons (Fsp3) is 0.702. The van der Waals surface area contributed by atoms with Crippen molar-refractivity contribution < 1.29 is 38.4 Å². The molecule has 1 aromatic rings. The lowest BCUT2D eigenvalue weighted by atomic mass is 9.94. The molecule has 360 valence electrons. The predicted octanol–water partition coefficient (Wildman–Crippen LogP) is 2.11. The van der Waals surface area contributed by atoms with E-state index in [0.717, 1.165) is 5.56 Å². The Bertz CT molecular complexity index is 1710. The molecule has 64 heavy (non-hydrogen) atoms. The zero-order chi connectivity index (χ0) is 48.3. The number of carbonyl (C=O) groups excluding carboxylic acids is 8. The normalized spacial score (nSPS) is 26.8. The van der Waals surface area contributed by atoms with Crippen molar-refractivity contribution in [1.29, 1.82) is 0 Å². The number of amides is 8. The monoisotopic (exact) mass is 898 g/mol. The minimum absolute atomic E-state index is 0.0451. The van der Waals surface area contributed by atoms with Gasteiger partial charge in [0.1, 0.15) is 48.3 Å². The van der Waals surface area contributed by atoms with Crippen molar-refractivity contribution in [1.82, 2.24) is 42.5 Å². The van der Waals surface area contributed by atoms with Crippen LogP contribution in [0.4, 0.5) is 0 Å². The topological polar surface area (TPSA) is 259 Å². The summed E-state index contributed by atoms with van der Waals surface area (Å²) >= 11 is 0. The molecule has 0 aliphatic carbocycles. The lowest BCUT2D eigenvalue weighted by Gasteiger charge is -2.32. The van der Waals surface area contributed by atoms with Crippen LogP contribution in [0.1, 0.15) is 127 Å². The van der Waals surface area contributed by atoms with Gasteiger partial charge in [0.05, 0.1) is 0 Å². The zero-order valence-electron chi connectivity index (χ0n) is 40.1. The number of hydrogen-bond acceptors (Lipinski definition) is 9. The van der Waals surface area contributed by atoms with Gasteiger partial charge in [0.25, 0.3) is 0 Å². The summed E-state index contributed by atoms with van der Waals surface area (Å²) in [5.74, 6) is -6.88. The Morgan fingerprint density at radius 2 is 0.891 bits per heavy atom. The van der Waals surface area contributed by atoms with E-state index in [0.29, 0.717) is 38.6 Å². The fourth-order valence-corrected chi connectivity index (χ4v) is 7.36. The second-order valence-electron chi connectivity index (χ2n) is 18.4. The van der Waals surface area contributed by atoms with Crippen LogP contribution < -0.4 is 48.3 Å². The molecule has 2 rings (SSSR count). The molecule has 10 N–H and O–H groups in total. The van der Waals surface area contributed by atoms with Crippen LogP contribution in [0.25, 0.3) is 0 Å². The lowest BCUT2D eigenvalue weighted by molar-refractivity contribution is -0.138. The molecule has 1 fully saturated rings. The van der Waals surface area contributed by atoms with E-state index in [-0.39, 0.29) is 25.2 Å². The van der Waals surface area contributed by atoms with Gasteiger partial charge in [-0.2, -0.15) is 0 Å². The average Bonchev–Trinajstić information content (AvgIpc) is 3.25. The first-order valence-electron chi connectivity index (χ1n) is 23.4. The van der Waals surface area contributed by atoms with Crippen LogP contribution in [-0.4, -0.2) is 102 Å². The Morgan fingerprint density at radius 3 is 1.39 bits per heavy atom. The highest BCUT2D eigenvalue weighted by Gasteiger charge is 2.38. The molecule has 17 heteroatoms. The van der Waals surface area contributed by atoms with E-state index in [1.807, 2.05) is 40.7 Å². The van der Waals surface area contributed by atoms with Crippen molar-refractivity contribution in [2.45, 2.75) is 176 Å². The van der Waals surface area contributed by atoms with Gasteiger partial charge < -0.3 is 48.3 Å². The average molecular weight is 898 g/mol. The van der Waals surface area contributed by atoms with Crippen molar-refractivity contribution >= 4 is 47.3 Å². The van der Waals surface area contributed by atoms with Crippen molar-refractivity contribution in [3.05, 3.63) is 35.9 Å². The highest BCUT2D eigenvalue weighted by atomic mass is 16.2. The summed E-state index contributed by atoms with van der Waals surface area (Å²) in [6, 6.07) is -0.0722. The fourth-order valence-electron chi connectivity index (χ4n) is 7.36. The van der Waals surface area contributed by atoms with E-state index in [1.165, 1.54) is 6.92 Å². The Hall–Kier alpha value is -5.06. The number of nitrogens with one attached hydrogen (secondary N) is 8. The summed E-state index contributed by atoms with van der Waals surface area (Å²) in [5.41, 5.74) is 6.50. The Kier molecular flexibility index (Phi) is 23.5. The van der Waals surface area contributed by atoms with Gasteiger partial charge in [0.15, 0.2) is 0 Å². The molecule has 1 aromatic carbocycles. The van der Waals surface area contributed by atoms with Crippen LogP contribution in [0.3, 0.4) is 0 Å². The first-order valence-corrected chi connectivity index (χ1v) is 23.4. The van der Waals surface area contributed by atoms with E-state index in [1.54, 1.807) is 58.9 Å². The molecule has 0 saturated carbocycles. The molecule has 11 atom stereocenters. The maximum absolute atomic E-state index is 14.3. The summed E-state index contributed by atoms with van der Waals surface area (Å²) in [6.07, 6.45) is 2.87. The molecule has 0 aromatic heterocycles. The summed E-state index contributed by atoms with van der Waals surface area (Å²) in [7, 11) is 0. The van der Waals surface area contributed by atoms with E-state index >= 15 is 0 Å². The highest BCUT2D eigenvalue weighted by molar-refractivity contribution is 5.99. The van der Waals surface area contributed by atoms with Crippen LogP contribution in [-0.2, 0) is 44.8 Å². The highest BCUT2D eigenvalue weighted by Crippen LogP contribution is 2.16. The zero-order valence-corrected chi connectivity index (χ0v) is 40.1. The number of unbranched alkanes of at least 4 members (excludes halogenated alkanes) is 1. The van der Waals surface area contributed by atoms with Gasteiger partial charge in [-0.3, -0.25) is 38.4 Å². The van der Waals surface area contributed by atoms with Gasteiger partial charge in [0, 0.05) is 6.42 Å². The smallest absolute Gasteiger partial charge is 0.243 e. The maximum atomic E-state index is 14.3. The largest absolute Gasteiger partial charge is 0.343 e. The minimum atomic E-state index is -1.20. The van der Waals surface area contributed by atoms with E-state index < -0.39 is 119 Å². The summed E-state index contributed by atoms with van der Waals surface area (Å²) in [5, 5.41) is 22.5. The first-order chi connectivity index (χ1) is 30.2. The molecule has 0 spiro atoms. The molecule has 1 aliphatic heterocycles. The third-order valence-corrected chi connectivity index (χ3v) is 12.2. The predicted molar refractivity (Wildman–Crippen MR) is 247 cm³/mol. The minimum Gasteiger partial charge on any atom is -0.343 e. The number of benzene rings is 1. The Labute approximate surface area is 380 Å². The number of hydrogen-bond donors (Lipinski definition) is 9. The summed E-state index contributed by atoms with van der Waals surface area (Å²) in [4.78, 5) is 113. The second kappa shape index (κ2) is 27.3. The number of carbonyl (C=O) groups is 8. The summed E-state index contributed by atoms with van der Waals surface area (Å²) in [6.45, 7) is 20.0. The second-order valence-corrected chi connectivity index (χ2v) is 18.4. The molecule has 0 bridgehead atoms. The molecule has 1 unspecified atom stereocenters. The van der Waals surface area contributed by atoms with Crippen molar-refractivity contribution in [3.63, 3.8) is 0 Å². The SMILES string of the molecule is CC[C@@H](C)[C@H]1NC(=O)[C@H]([C@@H](C)CC)NC(=O)[C@@H](C)NC(=O)[C@H]([C@@H](C)CC)NC(=O)[C@@H](CC(C)C)NC(=O)[C@@H](Cc2ccccc2)NC(=O)C(C(C)C)NC(=O)[C@H](CCCCN)NC1=O. The quantitative estimate of drug-likeness (QED) is 0.117. The van der Waals surface area contributed by atoms with E-state index in [9.17, 15) is 38.4 Å². The van der Waals surface area contributed by atoms with E-state index in [2.05, 4.69) is 42.5 Å². The van der Waals surface area contributed by atoms with Gasteiger partial charge in [-0.05, 0) is 74.3 Å².